The molecule has 0 aliphatic carbocycles. The number of rotatable bonds is 2. The van der Waals surface area contributed by atoms with Crippen molar-refractivity contribution in [3.8, 4) is 0 Å². The molecular weight excluding hydrogens is 238 g/mol. The van der Waals surface area contributed by atoms with Gasteiger partial charge in [-0.2, -0.15) is 4.99 Å². The van der Waals surface area contributed by atoms with Crippen LogP contribution >= 0.6 is 28.1 Å². The summed E-state index contributed by atoms with van der Waals surface area (Å²) in [6.45, 7) is -0.296. The molecule has 0 spiro atoms. The summed E-state index contributed by atoms with van der Waals surface area (Å²) in [6, 6.07) is 5.28. The molecule has 0 atom stereocenters. The summed E-state index contributed by atoms with van der Waals surface area (Å²) in [4.78, 5) is 3.76. The summed E-state index contributed by atoms with van der Waals surface area (Å²) in [5, 5.41) is 12.9. The van der Waals surface area contributed by atoms with Crippen LogP contribution in [0, 0.1) is 0 Å². The van der Waals surface area contributed by atoms with Crippen LogP contribution in [0.4, 0.5) is 5.69 Å². The fourth-order valence-corrected chi connectivity index (χ4v) is 1.33. The van der Waals surface area contributed by atoms with E-state index >= 15 is 0 Å². The average Bonchev–Trinajstić information content (AvgIpc) is 2.08. The Labute approximate surface area is 84.1 Å². The number of thiocarbonyl (C=S) groups is 1. The lowest BCUT2D eigenvalue weighted by atomic mass is 10.2. The highest BCUT2D eigenvalue weighted by Gasteiger charge is 2.00. The maximum absolute atomic E-state index is 10.6. The van der Waals surface area contributed by atoms with Crippen LogP contribution in [0.1, 0.15) is 5.56 Å². The summed E-state index contributed by atoms with van der Waals surface area (Å²) < 4.78 is 0.872. The third-order valence-electron chi connectivity index (χ3n) is 1.36. The van der Waals surface area contributed by atoms with Gasteiger partial charge in [0.1, 0.15) is 6.61 Å². The lowest BCUT2D eigenvalue weighted by Gasteiger charge is -1.99. The molecule has 0 bridgehead atoms. The van der Waals surface area contributed by atoms with Crippen LogP contribution in [-0.2, 0) is 11.7 Å². The SMILES string of the molecule is [O]Cc1cc(Br)ccc1N=C=S. The lowest BCUT2D eigenvalue weighted by Crippen LogP contribution is -1.81. The van der Waals surface area contributed by atoms with Crippen molar-refractivity contribution in [3.63, 3.8) is 0 Å². The predicted octanol–water partition coefficient (Wildman–Crippen LogP) is 3.11. The molecule has 61 valence electrons. The molecule has 1 aromatic rings. The summed E-state index contributed by atoms with van der Waals surface area (Å²) in [7, 11) is 0. The molecule has 0 aliphatic heterocycles. The largest absolute Gasteiger partial charge is 0.231 e. The average molecular weight is 243 g/mol. The Hall–Kier alpha value is -0.540. The molecule has 12 heavy (non-hydrogen) atoms. The summed E-state index contributed by atoms with van der Waals surface area (Å²) >= 11 is 7.71. The topological polar surface area (TPSA) is 32.3 Å². The van der Waals surface area contributed by atoms with E-state index in [4.69, 9.17) is 0 Å². The fourth-order valence-electron chi connectivity index (χ4n) is 0.828. The van der Waals surface area contributed by atoms with Gasteiger partial charge in [0, 0.05) is 10.0 Å². The van der Waals surface area contributed by atoms with Gasteiger partial charge in [0.25, 0.3) is 0 Å². The quantitative estimate of drug-likeness (QED) is 0.580. The molecule has 0 amide bonds. The maximum atomic E-state index is 10.6. The Kier molecular flexibility index (Phi) is 3.56. The van der Waals surface area contributed by atoms with Crippen LogP contribution in [-0.4, -0.2) is 5.16 Å². The highest BCUT2D eigenvalue weighted by atomic mass is 79.9. The van der Waals surface area contributed by atoms with Crippen LogP contribution < -0.4 is 0 Å². The maximum Gasteiger partial charge on any atom is 0.109 e. The second kappa shape index (κ2) is 4.48. The van der Waals surface area contributed by atoms with Crippen molar-refractivity contribution >= 4 is 39.0 Å². The number of hydrogen-bond donors (Lipinski definition) is 0. The van der Waals surface area contributed by atoms with Gasteiger partial charge in [-0.25, -0.2) is 5.11 Å². The van der Waals surface area contributed by atoms with Crippen LogP contribution in [0.15, 0.2) is 27.7 Å². The van der Waals surface area contributed by atoms with Gasteiger partial charge < -0.3 is 0 Å². The highest BCUT2D eigenvalue weighted by Crippen LogP contribution is 2.23. The zero-order chi connectivity index (χ0) is 8.97. The Balaban J connectivity index is 3.19. The molecule has 0 aliphatic rings. The number of hydrogen-bond acceptors (Lipinski definition) is 2. The fraction of sp³-hybridized carbons (Fsp3) is 0.125. The second-order valence-corrected chi connectivity index (χ2v) is 3.22. The van der Waals surface area contributed by atoms with Crippen molar-refractivity contribution in [2.75, 3.05) is 0 Å². The van der Waals surface area contributed by atoms with Crippen LogP contribution in [0.2, 0.25) is 0 Å². The highest BCUT2D eigenvalue weighted by molar-refractivity contribution is 9.10. The van der Waals surface area contributed by atoms with E-state index in [1.807, 2.05) is 6.07 Å². The van der Waals surface area contributed by atoms with E-state index in [1.54, 1.807) is 12.1 Å². The number of nitrogens with zero attached hydrogens (tertiary/aromatic N) is 1. The van der Waals surface area contributed by atoms with Gasteiger partial charge in [-0.15, -0.1) is 0 Å². The van der Waals surface area contributed by atoms with E-state index in [-0.39, 0.29) is 6.61 Å². The van der Waals surface area contributed by atoms with E-state index in [2.05, 4.69) is 38.3 Å². The first-order valence-electron chi connectivity index (χ1n) is 3.22. The zero-order valence-corrected chi connectivity index (χ0v) is 8.48. The normalized spacial score (nSPS) is 9.17. The lowest BCUT2D eigenvalue weighted by molar-refractivity contribution is 0.178. The molecule has 0 saturated carbocycles. The van der Waals surface area contributed by atoms with E-state index in [0.29, 0.717) is 11.3 Å². The predicted molar refractivity (Wildman–Crippen MR) is 53.2 cm³/mol. The van der Waals surface area contributed by atoms with E-state index in [1.165, 1.54) is 0 Å². The minimum Gasteiger partial charge on any atom is -0.231 e. The first kappa shape index (κ1) is 9.55. The monoisotopic (exact) mass is 242 g/mol. The Bertz CT molecular complexity index is 334. The minimum absolute atomic E-state index is 0.296. The van der Waals surface area contributed by atoms with E-state index in [0.717, 1.165) is 4.47 Å². The second-order valence-electron chi connectivity index (χ2n) is 2.12. The Morgan fingerprint density at radius 3 is 2.92 bits per heavy atom. The first-order chi connectivity index (χ1) is 5.77. The number of benzene rings is 1. The van der Waals surface area contributed by atoms with Crippen molar-refractivity contribution in [1.82, 2.24) is 0 Å². The molecule has 0 unspecified atom stereocenters. The van der Waals surface area contributed by atoms with Crippen LogP contribution in [0.3, 0.4) is 0 Å². The zero-order valence-electron chi connectivity index (χ0n) is 6.08. The molecule has 0 fully saturated rings. The van der Waals surface area contributed by atoms with Gasteiger partial charge in [0.15, 0.2) is 0 Å². The van der Waals surface area contributed by atoms with Gasteiger partial charge in [0.2, 0.25) is 0 Å². The van der Waals surface area contributed by atoms with Crippen molar-refractivity contribution in [1.29, 1.82) is 0 Å². The van der Waals surface area contributed by atoms with Crippen molar-refractivity contribution < 1.29 is 5.11 Å². The smallest absolute Gasteiger partial charge is 0.109 e. The van der Waals surface area contributed by atoms with Crippen molar-refractivity contribution in [3.05, 3.63) is 28.2 Å². The molecule has 0 heterocycles. The standard InChI is InChI=1S/C8H5BrNOS/c9-7-1-2-8(10-5-12)6(3-7)4-11/h1-3H,4H2. The van der Waals surface area contributed by atoms with Gasteiger partial charge >= 0.3 is 0 Å². The van der Waals surface area contributed by atoms with Gasteiger partial charge in [-0.05, 0) is 30.4 Å². The number of isothiocyanates is 1. The first-order valence-corrected chi connectivity index (χ1v) is 4.42. The van der Waals surface area contributed by atoms with Gasteiger partial charge in [-0.1, -0.05) is 15.9 Å². The third-order valence-corrected chi connectivity index (χ3v) is 1.95. The minimum atomic E-state index is -0.296. The van der Waals surface area contributed by atoms with Crippen LogP contribution in [0.25, 0.3) is 0 Å². The van der Waals surface area contributed by atoms with Crippen LogP contribution in [0.5, 0.6) is 0 Å². The van der Waals surface area contributed by atoms with Gasteiger partial charge in [-0.3, -0.25) is 0 Å². The Morgan fingerprint density at radius 2 is 2.33 bits per heavy atom. The molecule has 1 radical (unpaired) electrons. The number of aliphatic imine (C=N–C) groups is 1. The summed E-state index contributed by atoms with van der Waals surface area (Å²) in [5.74, 6) is 0. The number of halogens is 1. The molecule has 1 rings (SSSR count). The molecule has 4 heteroatoms. The molecule has 1 aromatic carbocycles. The van der Waals surface area contributed by atoms with Gasteiger partial charge in [0.05, 0.1) is 10.8 Å². The summed E-state index contributed by atoms with van der Waals surface area (Å²) in [6.07, 6.45) is 0. The summed E-state index contributed by atoms with van der Waals surface area (Å²) in [5.41, 5.74) is 1.23. The van der Waals surface area contributed by atoms with E-state index < -0.39 is 0 Å². The van der Waals surface area contributed by atoms with E-state index in [9.17, 15) is 5.11 Å². The molecular formula is C8H5BrNOS. The van der Waals surface area contributed by atoms with Crippen molar-refractivity contribution in [2.45, 2.75) is 6.61 Å². The third kappa shape index (κ3) is 2.22. The Morgan fingerprint density at radius 1 is 1.58 bits per heavy atom. The van der Waals surface area contributed by atoms with Crippen molar-refractivity contribution in [2.24, 2.45) is 4.99 Å². The molecule has 0 saturated heterocycles. The molecule has 0 aromatic heterocycles. The molecule has 0 N–H and O–H groups in total. The molecule has 2 nitrogen and oxygen atoms in total.